The van der Waals surface area contributed by atoms with E-state index in [9.17, 15) is 9.59 Å². The number of aryl methyl sites for hydroxylation is 1. The SMILES string of the molecule is Cl.O=C(CCn1ncc(=O)c2ccccc21)N1CCNCC1c1ccccc1Cl. The molecule has 1 aliphatic rings. The van der Waals surface area contributed by atoms with E-state index in [2.05, 4.69) is 10.4 Å². The lowest BCUT2D eigenvalue weighted by atomic mass is 10.0. The fraction of sp³-hybridized carbons (Fsp3) is 0.286. The van der Waals surface area contributed by atoms with E-state index < -0.39 is 0 Å². The van der Waals surface area contributed by atoms with E-state index >= 15 is 0 Å². The number of benzene rings is 2. The number of amides is 1. The van der Waals surface area contributed by atoms with Crippen molar-refractivity contribution >= 4 is 40.8 Å². The first-order valence-electron chi connectivity index (χ1n) is 9.34. The standard InChI is InChI=1S/C21H21ClN4O2.ClH/c22-17-7-3-1-5-15(17)19-13-23-10-12-25(19)21(28)9-11-26-18-8-4-2-6-16(18)20(27)14-24-26;/h1-8,14,19,23H,9-13H2;1H. The smallest absolute Gasteiger partial charge is 0.225 e. The van der Waals surface area contributed by atoms with Gasteiger partial charge in [-0.25, -0.2) is 0 Å². The third-order valence-electron chi connectivity index (χ3n) is 5.13. The van der Waals surface area contributed by atoms with Crippen LogP contribution in [0.3, 0.4) is 0 Å². The summed E-state index contributed by atoms with van der Waals surface area (Å²) in [6.07, 6.45) is 1.62. The molecule has 1 N–H and O–H groups in total. The van der Waals surface area contributed by atoms with Gasteiger partial charge in [-0.1, -0.05) is 41.9 Å². The van der Waals surface area contributed by atoms with Gasteiger partial charge in [0.05, 0.1) is 24.3 Å². The predicted octanol–water partition coefficient (Wildman–Crippen LogP) is 3.03. The maximum atomic E-state index is 13.0. The summed E-state index contributed by atoms with van der Waals surface area (Å²) in [6.45, 7) is 2.48. The Morgan fingerprint density at radius 2 is 1.93 bits per heavy atom. The average molecular weight is 433 g/mol. The molecule has 8 heteroatoms. The normalized spacial score (nSPS) is 16.4. The van der Waals surface area contributed by atoms with Gasteiger partial charge in [-0.2, -0.15) is 5.10 Å². The fourth-order valence-electron chi connectivity index (χ4n) is 3.71. The van der Waals surface area contributed by atoms with Crippen molar-refractivity contribution in [2.24, 2.45) is 0 Å². The second-order valence-corrected chi connectivity index (χ2v) is 7.23. The highest BCUT2D eigenvalue weighted by molar-refractivity contribution is 6.31. The van der Waals surface area contributed by atoms with E-state index in [1.807, 2.05) is 47.4 Å². The summed E-state index contributed by atoms with van der Waals surface area (Å²) in [4.78, 5) is 26.9. The van der Waals surface area contributed by atoms with Crippen LogP contribution in [0.5, 0.6) is 0 Å². The number of para-hydroxylation sites is 1. The number of carbonyl (C=O) groups excluding carboxylic acids is 1. The lowest BCUT2D eigenvalue weighted by molar-refractivity contribution is -0.134. The molecule has 2 aromatic carbocycles. The minimum atomic E-state index is -0.112. The Kier molecular flexibility index (Phi) is 6.90. The molecule has 1 aliphatic heterocycles. The van der Waals surface area contributed by atoms with Gasteiger partial charge in [-0.05, 0) is 23.8 Å². The van der Waals surface area contributed by atoms with Crippen LogP contribution in [0, 0.1) is 0 Å². The van der Waals surface area contributed by atoms with Crippen molar-refractivity contribution < 1.29 is 4.79 Å². The summed E-state index contributed by atoms with van der Waals surface area (Å²) >= 11 is 6.37. The van der Waals surface area contributed by atoms with Gasteiger partial charge in [0, 0.05) is 36.5 Å². The van der Waals surface area contributed by atoms with Crippen molar-refractivity contribution in [3.8, 4) is 0 Å². The van der Waals surface area contributed by atoms with Crippen LogP contribution in [-0.4, -0.2) is 40.2 Å². The van der Waals surface area contributed by atoms with Gasteiger partial charge in [-0.3, -0.25) is 14.3 Å². The first-order valence-corrected chi connectivity index (χ1v) is 9.72. The average Bonchev–Trinajstić information content (AvgIpc) is 2.74. The number of rotatable bonds is 4. The van der Waals surface area contributed by atoms with E-state index in [1.54, 1.807) is 10.7 Å². The van der Waals surface area contributed by atoms with Gasteiger partial charge in [0.1, 0.15) is 0 Å². The molecule has 4 rings (SSSR count). The molecule has 152 valence electrons. The molecular weight excluding hydrogens is 411 g/mol. The van der Waals surface area contributed by atoms with Crippen LogP contribution >= 0.6 is 24.0 Å². The van der Waals surface area contributed by atoms with Crippen LogP contribution in [0.25, 0.3) is 10.9 Å². The summed E-state index contributed by atoms with van der Waals surface area (Å²) in [5, 5.41) is 8.84. The number of carbonyl (C=O) groups is 1. The minimum absolute atomic E-state index is 0. The zero-order valence-electron chi connectivity index (χ0n) is 15.8. The maximum absolute atomic E-state index is 13.0. The lowest BCUT2D eigenvalue weighted by Gasteiger charge is -2.37. The van der Waals surface area contributed by atoms with Gasteiger partial charge >= 0.3 is 0 Å². The molecule has 0 saturated carbocycles. The number of halogens is 2. The van der Waals surface area contributed by atoms with E-state index in [1.165, 1.54) is 6.20 Å². The molecule has 1 amide bonds. The van der Waals surface area contributed by atoms with Crippen LogP contribution in [-0.2, 0) is 11.3 Å². The highest BCUT2D eigenvalue weighted by atomic mass is 35.5. The molecule has 1 atom stereocenters. The summed E-state index contributed by atoms with van der Waals surface area (Å²) < 4.78 is 1.72. The third-order valence-corrected chi connectivity index (χ3v) is 5.47. The van der Waals surface area contributed by atoms with Crippen molar-refractivity contribution in [3.63, 3.8) is 0 Å². The summed E-state index contributed by atoms with van der Waals surface area (Å²) in [5.74, 6) is 0.0519. The molecule has 6 nitrogen and oxygen atoms in total. The third kappa shape index (κ3) is 4.45. The molecule has 3 aromatic rings. The van der Waals surface area contributed by atoms with Gasteiger partial charge < -0.3 is 10.2 Å². The Morgan fingerprint density at radius 1 is 1.17 bits per heavy atom. The number of piperazine rings is 1. The summed E-state index contributed by atoms with van der Waals surface area (Å²) in [5.41, 5.74) is 1.58. The number of nitrogens with one attached hydrogen (secondary N) is 1. The Balaban J connectivity index is 0.00000240. The predicted molar refractivity (Wildman–Crippen MR) is 117 cm³/mol. The van der Waals surface area contributed by atoms with E-state index in [4.69, 9.17) is 11.6 Å². The van der Waals surface area contributed by atoms with Crippen molar-refractivity contribution in [2.45, 2.75) is 19.0 Å². The Labute approximate surface area is 179 Å². The number of hydrogen-bond donors (Lipinski definition) is 1. The molecule has 0 aliphatic carbocycles. The van der Waals surface area contributed by atoms with Crippen molar-refractivity contribution in [1.82, 2.24) is 20.0 Å². The summed E-state index contributed by atoms with van der Waals surface area (Å²) in [7, 11) is 0. The second kappa shape index (κ2) is 9.39. The molecule has 1 unspecified atom stereocenters. The summed E-state index contributed by atoms with van der Waals surface area (Å²) in [6, 6.07) is 14.9. The molecule has 2 heterocycles. The van der Waals surface area contributed by atoms with Gasteiger partial charge in [0.2, 0.25) is 11.3 Å². The van der Waals surface area contributed by atoms with Gasteiger partial charge in [-0.15, -0.1) is 12.4 Å². The quantitative estimate of drug-likeness (QED) is 0.687. The fourth-order valence-corrected chi connectivity index (χ4v) is 3.97. The van der Waals surface area contributed by atoms with Crippen LogP contribution < -0.4 is 10.7 Å². The largest absolute Gasteiger partial charge is 0.333 e. The molecule has 1 saturated heterocycles. The highest BCUT2D eigenvalue weighted by Gasteiger charge is 2.28. The molecular formula is C21H22Cl2N4O2. The van der Waals surface area contributed by atoms with Gasteiger partial charge in [0.25, 0.3) is 0 Å². The molecule has 0 spiro atoms. The Bertz CT molecular complexity index is 1070. The van der Waals surface area contributed by atoms with E-state index in [0.29, 0.717) is 36.5 Å². The Morgan fingerprint density at radius 3 is 2.76 bits per heavy atom. The van der Waals surface area contributed by atoms with Crippen LogP contribution in [0.4, 0.5) is 0 Å². The second-order valence-electron chi connectivity index (χ2n) is 6.83. The van der Waals surface area contributed by atoms with E-state index in [-0.39, 0.29) is 29.8 Å². The number of nitrogens with zero attached hydrogens (tertiary/aromatic N) is 3. The first-order chi connectivity index (χ1) is 13.6. The van der Waals surface area contributed by atoms with Crippen molar-refractivity contribution in [1.29, 1.82) is 0 Å². The monoisotopic (exact) mass is 432 g/mol. The number of aromatic nitrogens is 2. The van der Waals surface area contributed by atoms with Crippen molar-refractivity contribution in [3.05, 3.63) is 75.5 Å². The number of hydrogen-bond acceptors (Lipinski definition) is 4. The molecule has 0 radical (unpaired) electrons. The number of fused-ring (bicyclic) bond motifs is 1. The molecule has 1 aromatic heterocycles. The van der Waals surface area contributed by atoms with Gasteiger partial charge in [0.15, 0.2) is 0 Å². The van der Waals surface area contributed by atoms with Crippen LogP contribution in [0.1, 0.15) is 18.0 Å². The topological polar surface area (TPSA) is 67.2 Å². The first kappa shape index (κ1) is 21.3. The molecule has 29 heavy (non-hydrogen) atoms. The van der Waals surface area contributed by atoms with Crippen molar-refractivity contribution in [2.75, 3.05) is 19.6 Å². The zero-order valence-corrected chi connectivity index (χ0v) is 17.3. The van der Waals surface area contributed by atoms with E-state index in [0.717, 1.165) is 17.6 Å². The molecule has 0 bridgehead atoms. The lowest BCUT2D eigenvalue weighted by Crippen LogP contribution is -2.49. The zero-order chi connectivity index (χ0) is 19.5. The van der Waals surface area contributed by atoms with Crippen LogP contribution in [0.15, 0.2) is 59.5 Å². The maximum Gasteiger partial charge on any atom is 0.225 e. The minimum Gasteiger partial charge on any atom is -0.333 e. The highest BCUT2D eigenvalue weighted by Crippen LogP contribution is 2.29. The molecule has 1 fully saturated rings. The Hall–Kier alpha value is -2.41. The van der Waals surface area contributed by atoms with Crippen LogP contribution in [0.2, 0.25) is 5.02 Å².